The Hall–Kier alpha value is 2.80. The van der Waals surface area contributed by atoms with Gasteiger partial charge in [-0.1, -0.05) is 113 Å². The number of alkyl halides is 5. The van der Waals surface area contributed by atoms with Crippen molar-refractivity contribution in [2.45, 2.75) is 44.4 Å². The first kappa shape index (κ1) is 23.5. The van der Waals surface area contributed by atoms with Gasteiger partial charge < -0.3 is 0 Å². The Balaban J connectivity index is 2.40. The Labute approximate surface area is 222 Å². The molecule has 26 heavy (non-hydrogen) atoms. The number of allylic oxidation sites excluding steroid dienone is 2. The zero-order chi connectivity index (χ0) is 19.9. The Morgan fingerprint density at radius 2 is 1.46 bits per heavy atom. The van der Waals surface area contributed by atoms with Gasteiger partial charge in [0, 0.05) is 24.4 Å². The first-order valence-corrected chi connectivity index (χ1v) is 14.3. The number of hydrogen-bond acceptors (Lipinski definition) is 0. The Morgan fingerprint density at radius 1 is 0.885 bits per heavy atom. The summed E-state index contributed by atoms with van der Waals surface area (Å²) in [5, 5.41) is 0. The summed E-state index contributed by atoms with van der Waals surface area (Å²) in [4.78, 5) is 0. The van der Waals surface area contributed by atoms with Gasteiger partial charge in [0.25, 0.3) is 0 Å². The largest absolute Gasteiger partial charge is 0.133 e. The molecule has 0 bridgehead atoms. The van der Waals surface area contributed by atoms with E-state index in [0.29, 0.717) is 0 Å². The minimum atomic E-state index is -0.535. The van der Waals surface area contributed by atoms with E-state index in [0.717, 1.165) is 31.8 Å². The van der Waals surface area contributed by atoms with Crippen molar-refractivity contribution in [1.82, 2.24) is 0 Å². The number of halogens is 8. The lowest BCUT2D eigenvalue weighted by Gasteiger charge is -2.53. The van der Waals surface area contributed by atoms with Gasteiger partial charge >= 0.3 is 0 Å². The fraction of sp³-hybridized carbons (Fsp3) is 0.556. The van der Waals surface area contributed by atoms with Crippen LogP contribution in [0.2, 0.25) is 0 Å². The van der Waals surface area contributed by atoms with E-state index in [1.807, 2.05) is 0 Å². The average Bonchev–Trinajstić information content (AvgIpc) is 2.60. The summed E-state index contributed by atoms with van der Waals surface area (Å²) < 4.78 is 1.54. The van der Waals surface area contributed by atoms with Crippen LogP contribution in [0.1, 0.15) is 44.7 Å². The molecule has 2 aliphatic rings. The highest BCUT2D eigenvalue weighted by Crippen LogP contribution is 2.78. The summed E-state index contributed by atoms with van der Waals surface area (Å²) in [7, 11) is 0. The van der Waals surface area contributed by atoms with E-state index >= 15 is 0 Å². The van der Waals surface area contributed by atoms with Gasteiger partial charge in [0.2, 0.25) is 0 Å². The monoisotopic (exact) mass is 863 g/mol. The molecule has 0 radical (unpaired) electrons. The zero-order valence-electron chi connectivity index (χ0n) is 14.2. The second kappa shape index (κ2) is 7.16. The SMILES string of the molecule is CC1(C)CC=CC(C)(C2(Br)c3cc(Br)c(Br)c(Br)c3C(Br)(Br)C2(Br)Br)C1. The molecule has 0 aliphatic heterocycles. The number of benzene rings is 1. The minimum Gasteiger partial charge on any atom is -0.0874 e. The lowest BCUT2D eigenvalue weighted by molar-refractivity contribution is 0.160. The topological polar surface area (TPSA) is 0 Å². The van der Waals surface area contributed by atoms with Gasteiger partial charge in [0.15, 0.2) is 0 Å². The van der Waals surface area contributed by atoms with Crippen molar-refractivity contribution < 1.29 is 0 Å². The standard InChI is InChI=1S/C18H16Br8/c1-14(2)5-4-6-15(3,8-14)16(22)9-7-10(19)12(20)13(21)11(9)17(23,24)18(16,25)26/h4,6-7H,5,8H2,1-3H3. The van der Waals surface area contributed by atoms with E-state index in [1.165, 1.54) is 5.56 Å². The molecule has 1 aromatic rings. The van der Waals surface area contributed by atoms with Gasteiger partial charge in [-0.3, -0.25) is 0 Å². The number of fused-ring (bicyclic) bond motifs is 1. The molecule has 0 nitrogen and oxygen atoms in total. The molecule has 0 N–H and O–H groups in total. The van der Waals surface area contributed by atoms with Crippen LogP contribution in [0, 0.1) is 10.8 Å². The molecule has 0 aromatic heterocycles. The average molecular weight is 872 g/mol. The van der Waals surface area contributed by atoms with Crippen LogP contribution in [0.15, 0.2) is 31.6 Å². The Kier molecular flexibility index (Phi) is 6.46. The van der Waals surface area contributed by atoms with E-state index in [9.17, 15) is 0 Å². The molecule has 2 aliphatic carbocycles. The highest BCUT2D eigenvalue weighted by molar-refractivity contribution is 9.30. The second-order valence-electron chi connectivity index (χ2n) is 8.08. The molecule has 0 saturated carbocycles. The van der Waals surface area contributed by atoms with Gasteiger partial charge in [-0.2, -0.15) is 0 Å². The van der Waals surface area contributed by atoms with Crippen LogP contribution in [0.3, 0.4) is 0 Å². The summed E-state index contributed by atoms with van der Waals surface area (Å²) in [6.07, 6.45) is 6.85. The molecular weight excluding hydrogens is 855 g/mol. The third-order valence-electron chi connectivity index (χ3n) is 5.46. The third kappa shape index (κ3) is 3.10. The predicted octanol–water partition coefficient (Wildman–Crippen LogP) is 10.4. The summed E-state index contributed by atoms with van der Waals surface area (Å²) in [6, 6.07) is 2.21. The van der Waals surface area contributed by atoms with Crippen molar-refractivity contribution in [2.75, 3.05) is 0 Å². The molecule has 8 heteroatoms. The fourth-order valence-electron chi connectivity index (χ4n) is 4.38. The zero-order valence-corrected chi connectivity index (χ0v) is 26.9. The highest BCUT2D eigenvalue weighted by atomic mass is 79.9. The van der Waals surface area contributed by atoms with Gasteiger partial charge in [-0.25, -0.2) is 0 Å². The van der Waals surface area contributed by atoms with E-state index in [1.54, 1.807) is 0 Å². The van der Waals surface area contributed by atoms with Crippen molar-refractivity contribution in [3.8, 4) is 0 Å². The maximum Gasteiger partial charge on any atom is 0.133 e. The molecule has 0 saturated heterocycles. The van der Waals surface area contributed by atoms with Crippen LogP contribution in [-0.4, -0.2) is 3.23 Å². The maximum absolute atomic E-state index is 4.24. The van der Waals surface area contributed by atoms with Gasteiger partial charge in [0.1, 0.15) is 6.47 Å². The minimum absolute atomic E-state index is 0.132. The lowest BCUT2D eigenvalue weighted by atomic mass is 9.61. The first-order chi connectivity index (χ1) is 11.6. The maximum atomic E-state index is 4.24. The fourth-order valence-corrected chi connectivity index (χ4v) is 11.2. The van der Waals surface area contributed by atoms with Crippen molar-refractivity contribution in [1.29, 1.82) is 0 Å². The van der Waals surface area contributed by atoms with Crippen LogP contribution in [0.25, 0.3) is 0 Å². The van der Waals surface area contributed by atoms with Crippen LogP contribution in [-0.2, 0) is 7.56 Å². The molecule has 144 valence electrons. The summed E-state index contributed by atoms with van der Waals surface area (Å²) in [6.45, 7) is 7.02. The lowest BCUT2D eigenvalue weighted by Crippen LogP contribution is -2.52. The van der Waals surface area contributed by atoms with E-state index in [2.05, 4.69) is 166 Å². The van der Waals surface area contributed by atoms with Crippen LogP contribution in [0.5, 0.6) is 0 Å². The Bertz CT molecular complexity index is 810. The Morgan fingerprint density at radius 3 is 2.00 bits per heavy atom. The summed E-state index contributed by atoms with van der Waals surface area (Å²) >= 11 is 31.5. The summed E-state index contributed by atoms with van der Waals surface area (Å²) in [5.41, 5.74) is 2.46. The molecule has 1 aromatic carbocycles. The van der Waals surface area contributed by atoms with Crippen molar-refractivity contribution >= 4 is 127 Å². The van der Waals surface area contributed by atoms with Crippen LogP contribution in [0.4, 0.5) is 0 Å². The molecule has 0 heterocycles. The van der Waals surface area contributed by atoms with Crippen molar-refractivity contribution in [3.63, 3.8) is 0 Å². The van der Waals surface area contributed by atoms with Crippen molar-refractivity contribution in [2.24, 2.45) is 10.8 Å². The van der Waals surface area contributed by atoms with E-state index in [-0.39, 0.29) is 10.8 Å². The number of hydrogen-bond donors (Lipinski definition) is 0. The van der Waals surface area contributed by atoms with Crippen LogP contribution >= 0.6 is 127 Å². The molecule has 3 rings (SSSR count). The number of rotatable bonds is 1. The smallest absolute Gasteiger partial charge is 0.0874 e. The van der Waals surface area contributed by atoms with Crippen LogP contribution < -0.4 is 0 Å². The molecule has 0 amide bonds. The molecule has 2 atom stereocenters. The normalized spacial score (nSPS) is 34.0. The van der Waals surface area contributed by atoms with Gasteiger partial charge in [0.05, 0.1) is 4.32 Å². The molecule has 2 unspecified atom stereocenters. The molecule has 0 spiro atoms. The van der Waals surface area contributed by atoms with Gasteiger partial charge in [-0.05, 0) is 77.7 Å². The second-order valence-corrected chi connectivity index (χ2v) is 18.6. The quantitative estimate of drug-likeness (QED) is 0.150. The first-order valence-electron chi connectivity index (χ1n) is 7.93. The van der Waals surface area contributed by atoms with Crippen molar-refractivity contribution in [3.05, 3.63) is 42.8 Å². The molecule has 0 fully saturated rings. The van der Waals surface area contributed by atoms with E-state index in [4.69, 9.17) is 0 Å². The summed E-state index contributed by atoms with van der Waals surface area (Å²) in [5.74, 6) is 0. The van der Waals surface area contributed by atoms with E-state index < -0.39 is 10.8 Å². The van der Waals surface area contributed by atoms with Gasteiger partial charge in [-0.15, -0.1) is 0 Å². The third-order valence-corrected chi connectivity index (χ3v) is 18.3. The highest BCUT2D eigenvalue weighted by Gasteiger charge is 2.72. The molecular formula is C18H16Br8. The predicted molar refractivity (Wildman–Crippen MR) is 141 cm³/mol.